The number of carbonyl (C=O) groups is 2. The number of nitrogens with zero attached hydrogens (tertiary/aromatic N) is 2. The smallest absolute Gasteiger partial charge is 0.366 e. The molecule has 2 unspecified atom stereocenters. The predicted octanol–water partition coefficient (Wildman–Crippen LogP) is 2.73. The normalized spacial score (nSPS) is 26.6. The molecule has 1 N–H and O–H groups in total. The van der Waals surface area contributed by atoms with Crippen molar-refractivity contribution in [3.8, 4) is 0 Å². The van der Waals surface area contributed by atoms with Crippen molar-refractivity contribution in [3.05, 3.63) is 29.8 Å². The van der Waals surface area contributed by atoms with Gasteiger partial charge in [-0.1, -0.05) is 12.1 Å². The molecule has 1 aromatic rings. The summed E-state index contributed by atoms with van der Waals surface area (Å²) in [4.78, 5) is 29.1. The first-order valence-electron chi connectivity index (χ1n) is 11.3. The predicted molar refractivity (Wildman–Crippen MR) is 123 cm³/mol. The molecule has 34 heavy (non-hydrogen) atoms. The van der Waals surface area contributed by atoms with E-state index in [4.69, 9.17) is 4.74 Å². The molecule has 188 valence electrons. The Morgan fingerprint density at radius 2 is 1.85 bits per heavy atom. The van der Waals surface area contributed by atoms with Crippen molar-refractivity contribution in [3.63, 3.8) is 0 Å². The molecule has 5 rings (SSSR count). The summed E-state index contributed by atoms with van der Waals surface area (Å²) in [5.41, 5.74) is 1.60. The van der Waals surface area contributed by atoms with Crippen LogP contribution < -0.4 is 5.32 Å². The first-order chi connectivity index (χ1) is 16.1. The van der Waals surface area contributed by atoms with E-state index in [-0.39, 0.29) is 30.7 Å². The summed E-state index contributed by atoms with van der Waals surface area (Å²) in [6, 6.07) is 8.07. The highest BCUT2D eigenvalue weighted by molar-refractivity contribution is 8.33. The lowest BCUT2D eigenvalue weighted by Crippen LogP contribution is -2.68. The van der Waals surface area contributed by atoms with E-state index < -0.39 is 17.1 Å². The van der Waals surface area contributed by atoms with E-state index in [0.29, 0.717) is 24.4 Å². The lowest BCUT2D eigenvalue weighted by Gasteiger charge is -2.60. The Morgan fingerprint density at radius 1 is 1.21 bits per heavy atom. The number of ether oxygens (including phenoxy) is 1. The maximum atomic E-state index is 12.9. The number of hydrogen-bond acceptors (Lipinski definition) is 4. The number of likely N-dealkylation sites (tertiary alicyclic amines) is 2. The molecule has 1 aliphatic carbocycles. The maximum absolute atomic E-state index is 12.9. The average Bonchev–Trinajstić information content (AvgIpc) is 2.73. The fraction of sp³-hybridized carbons (Fsp3) is 0.636. The molecule has 3 saturated heterocycles. The summed E-state index contributed by atoms with van der Waals surface area (Å²) in [5.74, 6) is 0.574. The van der Waals surface area contributed by atoms with E-state index >= 15 is 0 Å². The summed E-state index contributed by atoms with van der Waals surface area (Å²) >= 11 is 0. The third-order valence-corrected chi connectivity index (χ3v) is 8.59. The molecule has 1 spiro atoms. The number of carbonyl (C=O) groups excluding carboxylic acids is 2. The monoisotopic (exact) mass is 519 g/mol. The lowest BCUT2D eigenvalue weighted by atomic mass is 9.56. The van der Waals surface area contributed by atoms with Crippen LogP contribution in [-0.4, -0.2) is 77.6 Å². The van der Waals surface area contributed by atoms with Crippen LogP contribution in [0.15, 0.2) is 29.2 Å². The van der Waals surface area contributed by atoms with Crippen molar-refractivity contribution >= 4 is 30.8 Å². The number of halogens is 3. The molecule has 1 saturated carbocycles. The van der Waals surface area contributed by atoms with Crippen LogP contribution in [0.3, 0.4) is 0 Å². The van der Waals surface area contributed by atoms with E-state index in [1.807, 2.05) is 21.9 Å². The maximum Gasteiger partial charge on any atom is 0.379 e. The number of amides is 3. The minimum absolute atomic E-state index is 0.0343. The van der Waals surface area contributed by atoms with E-state index in [0.717, 1.165) is 30.8 Å². The van der Waals surface area contributed by atoms with Gasteiger partial charge in [-0.15, -0.1) is 0 Å². The fourth-order valence-electron chi connectivity index (χ4n) is 5.63. The zero-order valence-electron chi connectivity index (χ0n) is 18.6. The quantitative estimate of drug-likeness (QED) is 0.623. The second-order valence-electron chi connectivity index (χ2n) is 9.56. The number of urea groups is 1. The zero-order valence-corrected chi connectivity index (χ0v) is 20.6. The van der Waals surface area contributed by atoms with Crippen LogP contribution in [0.5, 0.6) is 0 Å². The van der Waals surface area contributed by atoms with Crippen LogP contribution in [0.4, 0.5) is 18.0 Å². The van der Waals surface area contributed by atoms with Gasteiger partial charge in [0.15, 0.2) is 0 Å². The van der Waals surface area contributed by atoms with E-state index in [1.54, 1.807) is 0 Å². The molecular weight excluding hydrogens is 490 g/mol. The summed E-state index contributed by atoms with van der Waals surface area (Å²) in [6.07, 6.45) is 4.20. The second-order valence-corrected chi connectivity index (χ2v) is 11.9. The van der Waals surface area contributed by atoms with E-state index in [2.05, 4.69) is 25.9 Å². The van der Waals surface area contributed by atoms with Gasteiger partial charge >= 0.3 is 12.7 Å². The molecule has 4 fully saturated rings. The first kappa shape index (κ1) is 25.4. The summed E-state index contributed by atoms with van der Waals surface area (Å²) in [5, 5.41) is 2.96. The highest BCUT2D eigenvalue weighted by Gasteiger charge is 2.54. The Morgan fingerprint density at radius 3 is 2.47 bits per heavy atom. The summed E-state index contributed by atoms with van der Waals surface area (Å²) in [7, 11) is 1.31. The second kappa shape index (κ2) is 10.5. The Kier molecular flexibility index (Phi) is 7.84. The van der Waals surface area contributed by atoms with Crippen LogP contribution in [0.1, 0.15) is 24.8 Å². The van der Waals surface area contributed by atoms with Gasteiger partial charge in [0.25, 0.3) is 0 Å². The SMILES string of the molecule is FC(F)F.O=C1CO[C@H]2CCN(C(=O)N3CC4(CC(Cc5ccc(S(=O)P)cc5)C4)C3)C[C@H]2N1. The molecule has 0 bridgehead atoms. The molecule has 12 heteroatoms. The number of piperidine rings is 1. The molecule has 1 aromatic carbocycles. The van der Waals surface area contributed by atoms with Crippen molar-refractivity contribution < 1.29 is 31.7 Å². The third kappa shape index (κ3) is 5.91. The number of alkyl halides is 3. The Balaban J connectivity index is 0.000000636. The number of nitrogens with one attached hydrogen (secondary N) is 1. The van der Waals surface area contributed by atoms with Crippen LogP contribution in [0.2, 0.25) is 0 Å². The molecule has 7 nitrogen and oxygen atoms in total. The fourth-order valence-corrected chi connectivity index (χ4v) is 6.51. The van der Waals surface area contributed by atoms with Crippen molar-refractivity contribution in [2.75, 3.05) is 32.8 Å². The van der Waals surface area contributed by atoms with Gasteiger partial charge in [-0.2, -0.15) is 13.2 Å². The molecule has 3 amide bonds. The molecular formula is C22H29F3N3O4PS. The number of benzene rings is 1. The van der Waals surface area contributed by atoms with Gasteiger partial charge in [0.1, 0.15) is 6.61 Å². The highest BCUT2D eigenvalue weighted by atomic mass is 32.7. The zero-order chi connectivity index (χ0) is 24.5. The minimum Gasteiger partial charge on any atom is -0.366 e. The number of rotatable bonds is 3. The molecule has 4 atom stereocenters. The standard InChI is InChI=1S/C21H28N3O4PS.CHF3/c25-19-11-28-18-5-6-23(10-17(18)22-19)20(26)24-12-21(13-24)8-15(9-21)7-14-1-3-16(4-2-14)30(27)29;2-1(3)4/h1-4,15,17-18H,5-13,29H2,(H,22,25);1H/t17-,18+,30?;/m1./s1. The van der Waals surface area contributed by atoms with Gasteiger partial charge in [0, 0.05) is 36.5 Å². The van der Waals surface area contributed by atoms with Gasteiger partial charge in [0.05, 0.1) is 22.6 Å². The van der Waals surface area contributed by atoms with E-state index in [9.17, 15) is 27.0 Å². The summed E-state index contributed by atoms with van der Waals surface area (Å²) in [6.45, 7) is -0.606. The van der Waals surface area contributed by atoms with Crippen molar-refractivity contribution in [1.29, 1.82) is 0 Å². The van der Waals surface area contributed by atoms with Crippen molar-refractivity contribution in [2.24, 2.45) is 11.3 Å². The molecule has 3 aliphatic heterocycles. The minimum atomic E-state index is -3.67. The van der Waals surface area contributed by atoms with E-state index in [1.165, 1.54) is 18.4 Å². The molecule has 3 heterocycles. The number of fused-ring (bicyclic) bond motifs is 1. The lowest BCUT2D eigenvalue weighted by molar-refractivity contribution is -0.140. The number of hydrogen-bond donors (Lipinski definition) is 1. The topological polar surface area (TPSA) is 79.0 Å². The van der Waals surface area contributed by atoms with Gasteiger partial charge in [0.2, 0.25) is 5.91 Å². The Bertz CT molecular complexity index is 922. The van der Waals surface area contributed by atoms with Gasteiger partial charge in [-0.3, -0.25) is 9.00 Å². The number of morpholine rings is 1. The highest BCUT2D eigenvalue weighted by Crippen LogP contribution is 2.53. The van der Waals surface area contributed by atoms with Crippen LogP contribution in [0.25, 0.3) is 0 Å². The Labute approximate surface area is 201 Å². The molecule has 0 aromatic heterocycles. The molecule has 4 aliphatic rings. The van der Waals surface area contributed by atoms with Gasteiger partial charge in [-0.05, 0) is 57.7 Å². The average molecular weight is 520 g/mol. The van der Waals surface area contributed by atoms with Crippen LogP contribution >= 0.6 is 8.44 Å². The molecule has 0 radical (unpaired) electrons. The van der Waals surface area contributed by atoms with Crippen molar-refractivity contribution in [1.82, 2.24) is 15.1 Å². The van der Waals surface area contributed by atoms with Crippen molar-refractivity contribution in [2.45, 2.75) is 49.4 Å². The Hall–Kier alpha value is -1.71. The summed E-state index contributed by atoms with van der Waals surface area (Å²) < 4.78 is 46.1. The van der Waals surface area contributed by atoms with Crippen LogP contribution in [-0.2, 0) is 26.4 Å². The largest absolute Gasteiger partial charge is 0.379 e. The first-order valence-corrected chi connectivity index (χ1v) is 13.9. The third-order valence-electron chi connectivity index (χ3n) is 7.04. The van der Waals surface area contributed by atoms with Crippen LogP contribution in [0, 0.1) is 11.3 Å². The van der Waals surface area contributed by atoms with Gasteiger partial charge < -0.3 is 19.9 Å². The van der Waals surface area contributed by atoms with Gasteiger partial charge in [-0.25, -0.2) is 4.79 Å².